The van der Waals surface area contributed by atoms with Gasteiger partial charge in [-0.3, -0.25) is 14.8 Å². The standard InChI is InChI=1S/C24H21FN4O2S/c25-17-8-6-16(7-9-17)12-18-13-28-23(31-18)20-5-1-2-11-29(20)24(30)19-4-3-10-27-22(19)21-14-26-15-32-21/h3-4,6-10,13-15,20H,1-2,5,11-12H2/t20-/m1/s1. The van der Waals surface area contributed by atoms with Crippen LogP contribution in [0.2, 0.25) is 0 Å². The van der Waals surface area contributed by atoms with Crippen LogP contribution < -0.4 is 0 Å². The molecule has 1 fully saturated rings. The van der Waals surface area contributed by atoms with E-state index in [0.717, 1.165) is 29.7 Å². The molecule has 0 N–H and O–H groups in total. The summed E-state index contributed by atoms with van der Waals surface area (Å²) in [6.45, 7) is 0.635. The van der Waals surface area contributed by atoms with Crippen molar-refractivity contribution in [3.63, 3.8) is 0 Å². The first kappa shape index (κ1) is 20.5. The molecule has 0 aliphatic carbocycles. The Bertz CT molecular complexity index is 1210. The fourth-order valence-corrected chi connectivity index (χ4v) is 4.69. The van der Waals surface area contributed by atoms with Gasteiger partial charge in [0.15, 0.2) is 0 Å². The molecular weight excluding hydrogens is 427 g/mol. The van der Waals surface area contributed by atoms with Crippen LogP contribution in [0.15, 0.2) is 64.9 Å². The minimum absolute atomic E-state index is 0.0792. The number of carbonyl (C=O) groups excluding carboxylic acids is 1. The molecule has 5 rings (SSSR count). The Kier molecular flexibility index (Phi) is 5.77. The fourth-order valence-electron chi connectivity index (χ4n) is 4.05. The van der Waals surface area contributed by atoms with Crippen molar-refractivity contribution in [3.05, 3.63) is 89.1 Å². The Balaban J connectivity index is 1.40. The van der Waals surface area contributed by atoms with Crippen LogP contribution >= 0.6 is 11.3 Å². The first-order valence-electron chi connectivity index (χ1n) is 10.5. The van der Waals surface area contributed by atoms with Crippen LogP contribution in [-0.4, -0.2) is 32.3 Å². The average molecular weight is 449 g/mol. The van der Waals surface area contributed by atoms with Crippen molar-refractivity contribution in [2.24, 2.45) is 0 Å². The van der Waals surface area contributed by atoms with Gasteiger partial charge in [0, 0.05) is 25.4 Å². The van der Waals surface area contributed by atoms with Gasteiger partial charge in [-0.25, -0.2) is 9.37 Å². The Morgan fingerprint density at radius 1 is 1.16 bits per heavy atom. The van der Waals surface area contributed by atoms with Gasteiger partial charge < -0.3 is 9.32 Å². The smallest absolute Gasteiger partial charge is 0.256 e. The van der Waals surface area contributed by atoms with E-state index in [1.807, 2.05) is 11.0 Å². The quantitative estimate of drug-likeness (QED) is 0.415. The van der Waals surface area contributed by atoms with Gasteiger partial charge in [0.25, 0.3) is 5.91 Å². The van der Waals surface area contributed by atoms with E-state index in [1.54, 1.807) is 42.3 Å². The third-order valence-electron chi connectivity index (χ3n) is 5.62. The van der Waals surface area contributed by atoms with Crippen LogP contribution in [0.4, 0.5) is 4.39 Å². The fraction of sp³-hybridized carbons (Fsp3) is 0.250. The number of halogens is 1. The van der Waals surface area contributed by atoms with Crippen LogP contribution in [0.25, 0.3) is 10.6 Å². The summed E-state index contributed by atoms with van der Waals surface area (Å²) in [4.78, 5) is 29.4. The van der Waals surface area contributed by atoms with E-state index in [2.05, 4.69) is 15.0 Å². The van der Waals surface area contributed by atoms with Gasteiger partial charge in [-0.1, -0.05) is 12.1 Å². The summed E-state index contributed by atoms with van der Waals surface area (Å²) in [5.74, 6) is 0.885. The van der Waals surface area contributed by atoms with Crippen molar-refractivity contribution in [2.45, 2.75) is 31.7 Å². The van der Waals surface area contributed by atoms with Gasteiger partial charge in [0.1, 0.15) is 17.6 Å². The van der Waals surface area contributed by atoms with Crippen LogP contribution in [0, 0.1) is 5.82 Å². The lowest BCUT2D eigenvalue weighted by molar-refractivity contribution is 0.0570. The molecule has 0 saturated carbocycles. The Labute approximate surface area is 188 Å². The van der Waals surface area contributed by atoms with Crippen LogP contribution in [0.1, 0.15) is 52.9 Å². The van der Waals surface area contributed by atoms with E-state index in [0.29, 0.717) is 35.9 Å². The number of hydrogen-bond donors (Lipinski definition) is 0. The highest BCUT2D eigenvalue weighted by molar-refractivity contribution is 7.13. The monoisotopic (exact) mass is 448 g/mol. The first-order chi connectivity index (χ1) is 15.7. The van der Waals surface area contributed by atoms with Crippen LogP contribution in [0.5, 0.6) is 0 Å². The third kappa shape index (κ3) is 4.18. The minimum atomic E-state index is -0.267. The number of benzene rings is 1. The molecule has 0 spiro atoms. The summed E-state index contributed by atoms with van der Waals surface area (Å²) in [6, 6.07) is 9.70. The number of rotatable bonds is 5. The summed E-state index contributed by atoms with van der Waals surface area (Å²) in [6.07, 6.45) is 8.36. The molecule has 1 aliphatic heterocycles. The highest BCUT2D eigenvalue weighted by Crippen LogP contribution is 2.34. The second-order valence-electron chi connectivity index (χ2n) is 7.74. The molecule has 0 radical (unpaired) electrons. The summed E-state index contributed by atoms with van der Waals surface area (Å²) >= 11 is 1.46. The maximum absolute atomic E-state index is 13.6. The highest BCUT2D eigenvalue weighted by atomic mass is 32.1. The van der Waals surface area contributed by atoms with Gasteiger partial charge in [-0.05, 0) is 49.1 Å². The molecule has 1 atom stereocenters. The van der Waals surface area contributed by atoms with Crippen molar-refractivity contribution in [1.82, 2.24) is 19.9 Å². The number of aromatic nitrogens is 3. The zero-order chi connectivity index (χ0) is 21.9. The third-order valence-corrected chi connectivity index (χ3v) is 6.40. The summed E-state index contributed by atoms with van der Waals surface area (Å²) in [7, 11) is 0. The van der Waals surface area contributed by atoms with E-state index in [-0.39, 0.29) is 17.8 Å². The number of likely N-dealkylation sites (tertiary alicyclic amines) is 1. The van der Waals surface area contributed by atoms with Gasteiger partial charge in [0.05, 0.1) is 27.8 Å². The van der Waals surface area contributed by atoms with Gasteiger partial charge in [-0.15, -0.1) is 11.3 Å². The molecule has 32 heavy (non-hydrogen) atoms. The molecule has 162 valence electrons. The van der Waals surface area contributed by atoms with Crippen LogP contribution in [-0.2, 0) is 6.42 Å². The Hall–Kier alpha value is -3.39. The van der Waals surface area contributed by atoms with Crippen molar-refractivity contribution in [2.75, 3.05) is 6.54 Å². The predicted octanol–water partition coefficient (Wildman–Crippen LogP) is 5.29. The molecule has 1 saturated heterocycles. The van der Waals surface area contributed by atoms with Crippen molar-refractivity contribution in [3.8, 4) is 10.6 Å². The second kappa shape index (κ2) is 9.00. The molecule has 0 bridgehead atoms. The maximum Gasteiger partial charge on any atom is 0.256 e. The SMILES string of the molecule is O=C(c1cccnc1-c1cncs1)N1CCCC[C@@H]1c1ncc(Cc2ccc(F)cc2)o1. The molecule has 8 heteroatoms. The van der Waals surface area contributed by atoms with Gasteiger partial charge in [0.2, 0.25) is 5.89 Å². The van der Waals surface area contributed by atoms with Gasteiger partial charge in [-0.2, -0.15) is 0 Å². The number of amides is 1. The molecule has 3 aromatic heterocycles. The summed E-state index contributed by atoms with van der Waals surface area (Å²) in [5.41, 5.74) is 3.88. The second-order valence-corrected chi connectivity index (χ2v) is 8.63. The Morgan fingerprint density at radius 2 is 2.03 bits per heavy atom. The lowest BCUT2D eigenvalue weighted by Crippen LogP contribution is -2.39. The van der Waals surface area contributed by atoms with Crippen molar-refractivity contribution < 1.29 is 13.6 Å². The van der Waals surface area contributed by atoms with Crippen molar-refractivity contribution >= 4 is 17.2 Å². The zero-order valence-electron chi connectivity index (χ0n) is 17.3. The number of hydrogen-bond acceptors (Lipinski definition) is 6. The largest absolute Gasteiger partial charge is 0.443 e. The molecule has 6 nitrogen and oxygen atoms in total. The molecule has 1 amide bonds. The topological polar surface area (TPSA) is 72.1 Å². The summed E-state index contributed by atoms with van der Waals surface area (Å²) < 4.78 is 19.2. The van der Waals surface area contributed by atoms with E-state index in [1.165, 1.54) is 23.5 Å². The lowest BCUT2D eigenvalue weighted by atomic mass is 10.00. The predicted molar refractivity (Wildman–Crippen MR) is 119 cm³/mol. The van der Waals surface area contributed by atoms with E-state index in [4.69, 9.17) is 4.42 Å². The maximum atomic E-state index is 13.6. The average Bonchev–Trinajstić information content (AvgIpc) is 3.53. The van der Waals surface area contributed by atoms with Crippen LogP contribution in [0.3, 0.4) is 0 Å². The first-order valence-corrected chi connectivity index (χ1v) is 11.4. The number of piperidine rings is 1. The lowest BCUT2D eigenvalue weighted by Gasteiger charge is -2.34. The molecule has 4 aromatic rings. The summed E-state index contributed by atoms with van der Waals surface area (Å²) in [5, 5.41) is 0. The number of oxazole rings is 1. The molecular formula is C24H21FN4O2S. The highest BCUT2D eigenvalue weighted by Gasteiger charge is 2.33. The number of thiazole rings is 1. The number of pyridine rings is 1. The number of carbonyl (C=O) groups is 1. The zero-order valence-corrected chi connectivity index (χ0v) is 18.1. The molecule has 0 unspecified atom stereocenters. The van der Waals surface area contributed by atoms with E-state index < -0.39 is 0 Å². The minimum Gasteiger partial charge on any atom is -0.443 e. The molecule has 1 aromatic carbocycles. The molecule has 1 aliphatic rings. The van der Waals surface area contributed by atoms with Crippen molar-refractivity contribution in [1.29, 1.82) is 0 Å². The molecule has 4 heterocycles. The Morgan fingerprint density at radius 3 is 2.84 bits per heavy atom. The van der Waals surface area contributed by atoms with Gasteiger partial charge >= 0.3 is 0 Å². The normalized spacial score (nSPS) is 16.3. The van der Waals surface area contributed by atoms with E-state index >= 15 is 0 Å². The number of nitrogens with zero attached hydrogens (tertiary/aromatic N) is 4. The van der Waals surface area contributed by atoms with E-state index in [9.17, 15) is 9.18 Å².